The van der Waals surface area contributed by atoms with Crippen LogP contribution < -0.4 is 14.8 Å². The maximum atomic E-state index is 12.8. The van der Waals surface area contributed by atoms with Gasteiger partial charge in [0.15, 0.2) is 11.5 Å². The van der Waals surface area contributed by atoms with Crippen molar-refractivity contribution in [1.82, 2.24) is 20.1 Å². The maximum Gasteiger partial charge on any atom is 0.255 e. The lowest BCUT2D eigenvalue weighted by molar-refractivity contribution is 0.0946. The Balaban J connectivity index is 1.56. The van der Waals surface area contributed by atoms with Gasteiger partial charge in [-0.25, -0.2) is 0 Å². The molecule has 4 rings (SSSR count). The Labute approximate surface area is 176 Å². The molecule has 2 aromatic heterocycles. The lowest BCUT2D eigenvalue weighted by atomic mass is 10.1. The number of hydrogen-bond donors (Lipinski definition) is 1. The van der Waals surface area contributed by atoms with Gasteiger partial charge in [-0.1, -0.05) is 18.9 Å². The Kier molecular flexibility index (Phi) is 5.97. The lowest BCUT2D eigenvalue weighted by Gasteiger charge is -2.14. The van der Waals surface area contributed by atoms with E-state index in [9.17, 15) is 4.79 Å². The van der Waals surface area contributed by atoms with Crippen molar-refractivity contribution >= 4 is 5.91 Å². The van der Waals surface area contributed by atoms with Gasteiger partial charge in [0.25, 0.3) is 5.91 Å². The number of pyridine rings is 1. The van der Waals surface area contributed by atoms with E-state index in [4.69, 9.17) is 14.6 Å². The molecule has 2 heterocycles. The molecule has 1 saturated carbocycles. The number of rotatable bonds is 7. The van der Waals surface area contributed by atoms with Gasteiger partial charge in [-0.2, -0.15) is 5.10 Å². The van der Waals surface area contributed by atoms with Gasteiger partial charge in [0.2, 0.25) is 0 Å². The standard InChI is InChI=1S/C23H26N4O3/c1-29-21-9-5-8-19(22(21)30-2)23(28)25-15-17-14-20(16-10-12-24-13-11-16)27(26-17)18-6-3-4-7-18/h5,8-14,18H,3-4,6-7,15H2,1-2H3,(H,25,28). The first-order valence-corrected chi connectivity index (χ1v) is 10.2. The minimum absolute atomic E-state index is 0.230. The van der Waals surface area contributed by atoms with E-state index >= 15 is 0 Å². The summed E-state index contributed by atoms with van der Waals surface area (Å²) in [5.41, 5.74) is 3.40. The second-order valence-electron chi connectivity index (χ2n) is 7.36. The molecular weight excluding hydrogens is 380 g/mol. The number of para-hydroxylation sites is 1. The van der Waals surface area contributed by atoms with E-state index in [1.165, 1.54) is 20.0 Å². The van der Waals surface area contributed by atoms with E-state index in [2.05, 4.69) is 21.0 Å². The topological polar surface area (TPSA) is 78.3 Å². The molecule has 0 saturated heterocycles. The van der Waals surface area contributed by atoms with E-state index in [0.717, 1.165) is 29.8 Å². The maximum absolute atomic E-state index is 12.8. The third kappa shape index (κ3) is 4.01. The summed E-state index contributed by atoms with van der Waals surface area (Å²) >= 11 is 0. The van der Waals surface area contributed by atoms with Crippen molar-refractivity contribution in [2.24, 2.45) is 0 Å². The number of hydrogen-bond acceptors (Lipinski definition) is 5. The van der Waals surface area contributed by atoms with Crippen LogP contribution in [-0.2, 0) is 6.54 Å². The van der Waals surface area contributed by atoms with E-state index < -0.39 is 0 Å². The highest BCUT2D eigenvalue weighted by atomic mass is 16.5. The number of nitrogens with one attached hydrogen (secondary N) is 1. The number of ether oxygens (including phenoxy) is 2. The second kappa shape index (κ2) is 8.98. The third-order valence-electron chi connectivity index (χ3n) is 5.51. The number of aromatic nitrogens is 3. The average molecular weight is 406 g/mol. The molecule has 0 bridgehead atoms. The molecule has 7 heteroatoms. The first-order chi connectivity index (χ1) is 14.7. The van der Waals surface area contributed by atoms with Crippen LogP contribution in [-0.4, -0.2) is 34.9 Å². The summed E-state index contributed by atoms with van der Waals surface area (Å²) in [6.45, 7) is 0.330. The van der Waals surface area contributed by atoms with Gasteiger partial charge < -0.3 is 14.8 Å². The summed E-state index contributed by atoms with van der Waals surface area (Å²) in [5.74, 6) is 0.716. The highest BCUT2D eigenvalue weighted by molar-refractivity contribution is 5.97. The summed E-state index contributed by atoms with van der Waals surface area (Å²) in [6.07, 6.45) is 8.29. The Bertz CT molecular complexity index is 1010. The fourth-order valence-corrected chi connectivity index (χ4v) is 4.03. The molecule has 1 fully saturated rings. The fourth-order valence-electron chi connectivity index (χ4n) is 4.03. The van der Waals surface area contributed by atoms with Crippen molar-refractivity contribution < 1.29 is 14.3 Å². The minimum Gasteiger partial charge on any atom is -0.493 e. The first kappa shape index (κ1) is 19.9. The number of nitrogens with zero attached hydrogens (tertiary/aromatic N) is 3. The van der Waals surface area contributed by atoms with Crippen molar-refractivity contribution in [1.29, 1.82) is 0 Å². The molecule has 0 radical (unpaired) electrons. The largest absolute Gasteiger partial charge is 0.493 e. The predicted octanol–water partition coefficient (Wildman–Crippen LogP) is 4.01. The highest BCUT2D eigenvalue weighted by Gasteiger charge is 2.22. The number of carbonyl (C=O) groups is 1. The van der Waals surface area contributed by atoms with Gasteiger partial charge in [0, 0.05) is 18.0 Å². The van der Waals surface area contributed by atoms with Gasteiger partial charge in [0.1, 0.15) is 0 Å². The third-order valence-corrected chi connectivity index (χ3v) is 5.51. The zero-order valence-electron chi connectivity index (χ0n) is 17.3. The smallest absolute Gasteiger partial charge is 0.255 e. The SMILES string of the molecule is COc1cccc(C(=O)NCc2cc(-c3ccncc3)n(C3CCCC3)n2)c1OC. The number of methoxy groups -OCH3 is 2. The van der Waals surface area contributed by atoms with Crippen LogP contribution in [0.2, 0.25) is 0 Å². The zero-order chi connectivity index (χ0) is 20.9. The summed E-state index contributed by atoms with van der Waals surface area (Å²) in [7, 11) is 3.08. The highest BCUT2D eigenvalue weighted by Crippen LogP contribution is 2.34. The van der Waals surface area contributed by atoms with Crippen molar-refractivity contribution in [3.05, 3.63) is 60.0 Å². The normalized spacial score (nSPS) is 13.9. The van der Waals surface area contributed by atoms with Crippen LogP contribution in [0.5, 0.6) is 11.5 Å². The van der Waals surface area contributed by atoms with Crippen LogP contribution >= 0.6 is 0 Å². The molecule has 0 atom stereocenters. The summed E-state index contributed by atoms with van der Waals surface area (Å²) in [4.78, 5) is 16.9. The van der Waals surface area contributed by atoms with Gasteiger partial charge in [-0.15, -0.1) is 0 Å². The van der Waals surface area contributed by atoms with Crippen molar-refractivity contribution in [2.45, 2.75) is 38.3 Å². The molecule has 0 spiro atoms. The molecular formula is C23H26N4O3. The molecule has 7 nitrogen and oxygen atoms in total. The molecule has 1 aliphatic carbocycles. The van der Waals surface area contributed by atoms with Crippen molar-refractivity contribution in [3.63, 3.8) is 0 Å². The summed E-state index contributed by atoms with van der Waals surface area (Å²) < 4.78 is 12.8. The molecule has 1 aromatic carbocycles. The summed E-state index contributed by atoms with van der Waals surface area (Å²) in [6, 6.07) is 11.7. The van der Waals surface area contributed by atoms with Gasteiger partial charge >= 0.3 is 0 Å². The molecule has 1 amide bonds. The van der Waals surface area contributed by atoms with Gasteiger partial charge in [0.05, 0.1) is 43.8 Å². The molecule has 1 aliphatic rings. The van der Waals surface area contributed by atoms with E-state index in [1.54, 1.807) is 37.7 Å². The van der Waals surface area contributed by atoms with Crippen molar-refractivity contribution in [2.75, 3.05) is 14.2 Å². The van der Waals surface area contributed by atoms with Crippen LogP contribution in [0.3, 0.4) is 0 Å². The lowest BCUT2D eigenvalue weighted by Crippen LogP contribution is -2.24. The van der Waals surface area contributed by atoms with Crippen molar-refractivity contribution in [3.8, 4) is 22.8 Å². The first-order valence-electron chi connectivity index (χ1n) is 10.2. The Hall–Kier alpha value is -3.35. The Morgan fingerprint density at radius 1 is 1.13 bits per heavy atom. The van der Waals surface area contributed by atoms with Crippen LogP contribution in [0.15, 0.2) is 48.8 Å². The molecule has 156 valence electrons. The number of benzene rings is 1. The molecule has 0 unspecified atom stereocenters. The quantitative estimate of drug-likeness (QED) is 0.641. The van der Waals surface area contributed by atoms with Gasteiger partial charge in [-0.3, -0.25) is 14.5 Å². The Morgan fingerprint density at radius 2 is 1.90 bits per heavy atom. The molecule has 0 aliphatic heterocycles. The monoisotopic (exact) mass is 406 g/mol. The van der Waals surface area contributed by atoms with Crippen LogP contribution in [0, 0.1) is 0 Å². The van der Waals surface area contributed by atoms with E-state index in [0.29, 0.717) is 29.6 Å². The molecule has 1 N–H and O–H groups in total. The van der Waals surface area contributed by atoms with E-state index in [1.807, 2.05) is 12.1 Å². The van der Waals surface area contributed by atoms with Crippen LogP contribution in [0.25, 0.3) is 11.3 Å². The second-order valence-corrected chi connectivity index (χ2v) is 7.36. The number of carbonyl (C=O) groups excluding carboxylic acids is 1. The summed E-state index contributed by atoms with van der Waals surface area (Å²) in [5, 5.41) is 7.80. The average Bonchev–Trinajstić information content (AvgIpc) is 3.47. The zero-order valence-corrected chi connectivity index (χ0v) is 17.3. The fraction of sp³-hybridized carbons (Fsp3) is 0.348. The van der Waals surface area contributed by atoms with Gasteiger partial charge in [-0.05, 0) is 43.2 Å². The predicted molar refractivity (Wildman–Crippen MR) is 114 cm³/mol. The molecule has 30 heavy (non-hydrogen) atoms. The Morgan fingerprint density at radius 3 is 2.60 bits per heavy atom. The minimum atomic E-state index is -0.230. The number of amides is 1. The molecule has 3 aromatic rings. The van der Waals surface area contributed by atoms with Crippen LogP contribution in [0.4, 0.5) is 0 Å². The van der Waals surface area contributed by atoms with E-state index in [-0.39, 0.29) is 5.91 Å². The van der Waals surface area contributed by atoms with Crippen LogP contribution in [0.1, 0.15) is 47.8 Å².